The lowest BCUT2D eigenvalue weighted by atomic mass is 10.1. The van der Waals surface area contributed by atoms with Crippen molar-refractivity contribution in [3.63, 3.8) is 0 Å². The Kier molecular flexibility index (Phi) is 9.72. The summed E-state index contributed by atoms with van der Waals surface area (Å²) in [6, 6.07) is 0. The number of hydrogen-bond donors (Lipinski definition) is 1. The number of unbranched alkanes of at least 4 members (excludes halogenated alkanes) is 4. The maximum absolute atomic E-state index is 11.8. The van der Waals surface area contributed by atoms with Crippen LogP contribution in [0.25, 0.3) is 0 Å². The Labute approximate surface area is 103 Å². The Morgan fingerprint density at radius 3 is 2.41 bits per heavy atom. The van der Waals surface area contributed by atoms with Crippen LogP contribution in [-0.2, 0) is 9.53 Å². The molecule has 0 aromatic heterocycles. The van der Waals surface area contributed by atoms with Crippen LogP contribution in [-0.4, -0.2) is 30.5 Å². The van der Waals surface area contributed by atoms with E-state index >= 15 is 0 Å². The summed E-state index contributed by atoms with van der Waals surface area (Å²) < 4.78 is 16.8. The van der Waals surface area contributed by atoms with E-state index in [1.807, 2.05) is 0 Å². The molecule has 0 fully saturated rings. The van der Waals surface area contributed by atoms with E-state index in [0.29, 0.717) is 18.4 Å². The summed E-state index contributed by atoms with van der Waals surface area (Å²) >= 11 is 0. The van der Waals surface area contributed by atoms with Crippen LogP contribution in [0.15, 0.2) is 12.2 Å². The maximum atomic E-state index is 11.8. The third-order valence-corrected chi connectivity index (χ3v) is 2.49. The van der Waals surface area contributed by atoms with E-state index in [0.717, 1.165) is 25.7 Å². The molecule has 1 atom stereocenters. The minimum Gasteiger partial charge on any atom is -0.457 e. The minimum absolute atomic E-state index is 0.163. The van der Waals surface area contributed by atoms with Gasteiger partial charge in [-0.2, -0.15) is 0 Å². The van der Waals surface area contributed by atoms with Gasteiger partial charge < -0.3 is 9.84 Å². The maximum Gasteiger partial charge on any atom is 0.333 e. The summed E-state index contributed by atoms with van der Waals surface area (Å²) in [6.07, 6.45) is 4.55. The molecule has 1 N–H and O–H groups in total. The van der Waals surface area contributed by atoms with Gasteiger partial charge in [-0.25, -0.2) is 4.79 Å². The third-order valence-electron chi connectivity index (χ3n) is 2.49. The van der Waals surface area contributed by atoms with Gasteiger partial charge >= 0.3 is 5.97 Å². The number of carbonyl (C=O) groups excluding carboxylic acids is 1. The molecule has 4 heteroatoms. The Morgan fingerprint density at radius 1 is 1.29 bits per heavy atom. The first-order valence-corrected chi connectivity index (χ1v) is 6.15. The molecule has 0 saturated heterocycles. The standard InChI is InChI=1S/C13H23FO3/c1-11(2)13(16)17-12(10-15)8-6-4-3-5-7-9-14/h12,15H,1,3-10H2,2H3. The van der Waals surface area contributed by atoms with Gasteiger partial charge in [-0.15, -0.1) is 0 Å². The van der Waals surface area contributed by atoms with Crippen LogP contribution >= 0.6 is 0 Å². The molecule has 0 radical (unpaired) electrons. The molecular weight excluding hydrogens is 223 g/mol. The summed E-state index contributed by atoms with van der Waals surface area (Å²) in [5.74, 6) is -0.457. The van der Waals surface area contributed by atoms with Crippen LogP contribution in [0, 0.1) is 0 Å². The quantitative estimate of drug-likeness (QED) is 0.366. The molecule has 1 unspecified atom stereocenters. The van der Waals surface area contributed by atoms with Crippen molar-refractivity contribution < 1.29 is 19.0 Å². The van der Waals surface area contributed by atoms with Crippen molar-refractivity contribution in [2.24, 2.45) is 0 Å². The number of aliphatic hydroxyl groups excluding tert-OH is 1. The normalized spacial score (nSPS) is 12.2. The fourth-order valence-electron chi connectivity index (χ4n) is 1.44. The van der Waals surface area contributed by atoms with Gasteiger partial charge in [-0.1, -0.05) is 25.8 Å². The monoisotopic (exact) mass is 246 g/mol. The summed E-state index contributed by atoms with van der Waals surface area (Å²) in [5.41, 5.74) is 0.339. The topological polar surface area (TPSA) is 46.5 Å². The highest BCUT2D eigenvalue weighted by molar-refractivity contribution is 5.87. The molecule has 17 heavy (non-hydrogen) atoms. The van der Waals surface area contributed by atoms with Crippen LogP contribution in [0.2, 0.25) is 0 Å². The summed E-state index contributed by atoms with van der Waals surface area (Å²) in [6.45, 7) is 4.64. The second-order valence-electron chi connectivity index (χ2n) is 4.24. The molecule has 0 bridgehead atoms. The SMILES string of the molecule is C=C(C)C(=O)OC(CO)CCCCCCCF. The zero-order valence-electron chi connectivity index (χ0n) is 10.6. The first-order chi connectivity index (χ1) is 8.11. The molecule has 0 amide bonds. The molecule has 0 spiro atoms. The Hall–Kier alpha value is -0.900. The number of hydrogen-bond acceptors (Lipinski definition) is 3. The van der Waals surface area contributed by atoms with Gasteiger partial charge in [-0.3, -0.25) is 4.39 Å². The summed E-state index contributed by atoms with van der Waals surface area (Å²) in [5, 5.41) is 9.04. The van der Waals surface area contributed by atoms with E-state index in [2.05, 4.69) is 6.58 Å². The molecule has 0 aromatic rings. The predicted molar refractivity (Wildman–Crippen MR) is 65.5 cm³/mol. The molecule has 0 aliphatic rings. The number of rotatable bonds is 10. The van der Waals surface area contributed by atoms with E-state index < -0.39 is 12.1 Å². The Balaban J connectivity index is 3.61. The second-order valence-corrected chi connectivity index (χ2v) is 4.24. The van der Waals surface area contributed by atoms with Crippen LogP contribution in [0.5, 0.6) is 0 Å². The fourth-order valence-corrected chi connectivity index (χ4v) is 1.44. The largest absolute Gasteiger partial charge is 0.457 e. The van der Waals surface area contributed by atoms with Crippen molar-refractivity contribution in [2.45, 2.75) is 51.6 Å². The Morgan fingerprint density at radius 2 is 1.88 bits per heavy atom. The van der Waals surface area contributed by atoms with E-state index in [9.17, 15) is 9.18 Å². The van der Waals surface area contributed by atoms with Crippen molar-refractivity contribution in [1.82, 2.24) is 0 Å². The van der Waals surface area contributed by atoms with Crippen LogP contribution in [0.3, 0.4) is 0 Å². The highest BCUT2D eigenvalue weighted by Gasteiger charge is 2.13. The molecular formula is C13H23FO3. The molecule has 3 nitrogen and oxygen atoms in total. The highest BCUT2D eigenvalue weighted by Crippen LogP contribution is 2.10. The first kappa shape index (κ1) is 16.1. The lowest BCUT2D eigenvalue weighted by molar-refractivity contribution is -0.146. The summed E-state index contributed by atoms with van der Waals surface area (Å²) in [7, 11) is 0. The number of aliphatic hydroxyl groups is 1. The highest BCUT2D eigenvalue weighted by atomic mass is 19.1. The van der Waals surface area contributed by atoms with Gasteiger partial charge in [0.1, 0.15) is 6.10 Å². The number of esters is 1. The van der Waals surface area contributed by atoms with Crippen molar-refractivity contribution in [1.29, 1.82) is 0 Å². The zero-order chi connectivity index (χ0) is 13.1. The lowest BCUT2D eigenvalue weighted by Crippen LogP contribution is -2.22. The van der Waals surface area contributed by atoms with Crippen LogP contribution < -0.4 is 0 Å². The van der Waals surface area contributed by atoms with E-state index in [4.69, 9.17) is 9.84 Å². The van der Waals surface area contributed by atoms with Crippen molar-refractivity contribution in [3.8, 4) is 0 Å². The number of halogens is 1. The van der Waals surface area contributed by atoms with Crippen molar-refractivity contribution in [3.05, 3.63) is 12.2 Å². The Bertz CT molecular complexity index is 229. The van der Waals surface area contributed by atoms with Crippen molar-refractivity contribution in [2.75, 3.05) is 13.3 Å². The number of alkyl halides is 1. The average Bonchev–Trinajstić information content (AvgIpc) is 2.31. The van der Waals surface area contributed by atoms with Crippen LogP contribution in [0.1, 0.15) is 45.4 Å². The average molecular weight is 246 g/mol. The van der Waals surface area contributed by atoms with Gasteiger partial charge in [-0.05, 0) is 26.2 Å². The smallest absolute Gasteiger partial charge is 0.333 e. The lowest BCUT2D eigenvalue weighted by Gasteiger charge is -2.15. The zero-order valence-corrected chi connectivity index (χ0v) is 10.6. The molecule has 0 aliphatic carbocycles. The second kappa shape index (κ2) is 10.3. The van der Waals surface area contributed by atoms with E-state index in [-0.39, 0.29) is 13.3 Å². The summed E-state index contributed by atoms with van der Waals surface area (Å²) in [4.78, 5) is 11.2. The van der Waals surface area contributed by atoms with E-state index in [1.165, 1.54) is 0 Å². The van der Waals surface area contributed by atoms with Gasteiger partial charge in [0.25, 0.3) is 0 Å². The van der Waals surface area contributed by atoms with Crippen LogP contribution in [0.4, 0.5) is 4.39 Å². The minimum atomic E-state index is -0.457. The fraction of sp³-hybridized carbons (Fsp3) is 0.769. The van der Waals surface area contributed by atoms with Gasteiger partial charge in [0, 0.05) is 5.57 Å². The first-order valence-electron chi connectivity index (χ1n) is 6.15. The molecule has 0 heterocycles. The third kappa shape index (κ3) is 8.86. The molecule has 100 valence electrons. The van der Waals surface area contributed by atoms with E-state index in [1.54, 1.807) is 6.92 Å². The molecule has 0 aromatic carbocycles. The molecule has 0 aliphatic heterocycles. The van der Waals surface area contributed by atoms with Gasteiger partial charge in [0.05, 0.1) is 13.3 Å². The number of ether oxygens (including phenoxy) is 1. The van der Waals surface area contributed by atoms with Gasteiger partial charge in [0.15, 0.2) is 0 Å². The predicted octanol–water partition coefficient (Wildman–Crippen LogP) is 2.78. The molecule has 0 rings (SSSR count). The molecule has 0 saturated carbocycles. The van der Waals surface area contributed by atoms with Gasteiger partial charge in [0.2, 0.25) is 0 Å². The number of carbonyl (C=O) groups is 1. The van der Waals surface area contributed by atoms with Crippen molar-refractivity contribution >= 4 is 5.97 Å².